The Kier molecular flexibility index (Phi) is 3.98. The minimum Gasteiger partial charge on any atom is -0.481 e. The Hall–Kier alpha value is -0.595. The van der Waals surface area contributed by atoms with E-state index in [1.165, 1.54) is 9.12 Å². The number of carboxylic acids is 1. The van der Waals surface area contributed by atoms with Crippen LogP contribution in [0.3, 0.4) is 0 Å². The van der Waals surface area contributed by atoms with E-state index in [-0.39, 0.29) is 19.0 Å². The molecular weight excluding hydrogens is 231 g/mol. The molecule has 0 aromatic carbocycles. The van der Waals surface area contributed by atoms with Crippen LogP contribution in [0.15, 0.2) is 0 Å². The first-order valence-electron chi connectivity index (χ1n) is 4.93. The Balaban J connectivity index is 2.94. The molecule has 1 aliphatic rings. The van der Waals surface area contributed by atoms with Gasteiger partial charge >= 0.3 is 5.97 Å². The van der Waals surface area contributed by atoms with E-state index in [4.69, 9.17) is 13.1 Å². The van der Waals surface area contributed by atoms with Crippen LogP contribution in [0.1, 0.15) is 13.3 Å². The number of sulfonamides is 1. The molecule has 0 aromatic rings. The highest BCUT2D eigenvalue weighted by Gasteiger charge is 2.37. The van der Waals surface area contributed by atoms with Crippen LogP contribution < -0.4 is 0 Å². The van der Waals surface area contributed by atoms with Crippen LogP contribution in [-0.2, 0) is 14.8 Å². The summed E-state index contributed by atoms with van der Waals surface area (Å²) in [6.45, 7) is 2.37. The number of carbonyl (C=O) groups is 1. The maximum absolute atomic E-state index is 11.5. The summed E-state index contributed by atoms with van der Waals surface area (Å²) in [5.74, 6) is -1.03. The minimum absolute atomic E-state index is 0.234. The fraction of sp³-hybridized carbons (Fsp3) is 0.875. The molecule has 0 saturated carbocycles. The van der Waals surface area contributed by atoms with Gasteiger partial charge in [-0.05, 0) is 6.92 Å². The highest BCUT2D eigenvalue weighted by molar-refractivity contribution is 7.88. The maximum Gasteiger partial charge on any atom is 0.305 e. The smallest absolute Gasteiger partial charge is 0.305 e. The van der Waals surface area contributed by atoms with E-state index < -0.39 is 22.0 Å². The summed E-state index contributed by atoms with van der Waals surface area (Å²) in [4.78, 5) is 12.2. The van der Waals surface area contributed by atoms with Gasteiger partial charge in [0.1, 0.15) is 0 Å². The van der Waals surface area contributed by atoms with Crippen LogP contribution in [-0.4, -0.2) is 68.0 Å². The van der Waals surface area contributed by atoms with Crippen molar-refractivity contribution in [3.63, 3.8) is 0 Å². The minimum atomic E-state index is -3.39. The third-order valence-corrected chi connectivity index (χ3v) is 4.14. The number of rotatable bonds is 3. The fourth-order valence-electron chi connectivity index (χ4n) is 1.91. The molecule has 1 rings (SSSR count). The predicted molar refractivity (Wildman–Crippen MR) is 59.5 cm³/mol. The number of hydrogen-bond acceptors (Lipinski definition) is 4. The topological polar surface area (TPSA) is 77.9 Å². The lowest BCUT2D eigenvalue weighted by molar-refractivity contribution is -0.138. The van der Waals surface area contributed by atoms with E-state index in [2.05, 4.69) is 0 Å². The highest BCUT2D eigenvalue weighted by Crippen LogP contribution is 2.20. The molecule has 1 heterocycles. The second-order valence-corrected chi connectivity index (χ2v) is 5.95. The summed E-state index contributed by atoms with van der Waals surface area (Å²) in [7, 11) is 2.28. The Morgan fingerprint density at radius 2 is 2.06 bits per heavy atom. The average molecular weight is 246 g/mol. The van der Waals surface area contributed by atoms with Crippen molar-refractivity contribution < 1.29 is 18.3 Å². The highest BCUT2D eigenvalue weighted by atomic mass is 32.2. The van der Waals surface area contributed by atoms with Crippen molar-refractivity contribution in [2.24, 2.45) is 0 Å². The third kappa shape index (κ3) is 2.96. The molecule has 2 radical (unpaired) electrons. The first-order valence-corrected chi connectivity index (χ1v) is 6.78. The van der Waals surface area contributed by atoms with Gasteiger partial charge in [0.05, 0.1) is 12.7 Å². The largest absolute Gasteiger partial charge is 0.481 e. The molecule has 0 aromatic heterocycles. The average Bonchev–Trinajstić information content (AvgIpc) is 2.10. The van der Waals surface area contributed by atoms with E-state index in [1.807, 2.05) is 0 Å². The molecule has 2 atom stereocenters. The molecule has 0 aliphatic carbocycles. The van der Waals surface area contributed by atoms with Gasteiger partial charge in [-0.3, -0.25) is 4.79 Å². The summed E-state index contributed by atoms with van der Waals surface area (Å²) < 4.78 is 24.2. The predicted octanol–water partition coefficient (Wildman–Crippen LogP) is -1.12. The van der Waals surface area contributed by atoms with Crippen LogP contribution in [0.25, 0.3) is 0 Å². The van der Waals surface area contributed by atoms with Crippen LogP contribution in [0.4, 0.5) is 0 Å². The van der Waals surface area contributed by atoms with Crippen molar-refractivity contribution in [3.05, 3.63) is 0 Å². The fourth-order valence-corrected chi connectivity index (χ4v) is 3.06. The van der Waals surface area contributed by atoms with Gasteiger partial charge in [-0.25, -0.2) is 8.42 Å². The normalized spacial score (nSPS) is 29.1. The van der Waals surface area contributed by atoms with Gasteiger partial charge in [0.2, 0.25) is 10.0 Å². The molecule has 1 aliphatic heterocycles. The summed E-state index contributed by atoms with van der Waals surface area (Å²) in [6.07, 6.45) is 0.850. The van der Waals surface area contributed by atoms with Crippen molar-refractivity contribution >= 4 is 24.0 Å². The van der Waals surface area contributed by atoms with Gasteiger partial charge in [-0.2, -0.15) is 4.31 Å². The molecule has 16 heavy (non-hydrogen) atoms. The van der Waals surface area contributed by atoms with Crippen LogP contribution in [0, 0.1) is 0 Å². The number of piperazine rings is 1. The summed E-state index contributed by atoms with van der Waals surface area (Å²) in [5.41, 5.74) is 0. The van der Waals surface area contributed by atoms with Crippen molar-refractivity contribution in [2.45, 2.75) is 25.4 Å². The molecule has 6 nitrogen and oxygen atoms in total. The number of hydrogen-bond donors (Lipinski definition) is 1. The van der Waals surface area contributed by atoms with Crippen LogP contribution in [0.2, 0.25) is 0 Å². The van der Waals surface area contributed by atoms with Gasteiger partial charge in [0.25, 0.3) is 0 Å². The first-order chi connectivity index (χ1) is 7.23. The van der Waals surface area contributed by atoms with Gasteiger partial charge in [-0.15, -0.1) is 0 Å². The summed E-state index contributed by atoms with van der Waals surface area (Å²) in [6, 6.07) is -0.911. The van der Waals surface area contributed by atoms with E-state index in [9.17, 15) is 13.2 Å². The van der Waals surface area contributed by atoms with Gasteiger partial charge < -0.3 is 9.92 Å². The molecule has 8 heteroatoms. The Labute approximate surface area is 96.7 Å². The second kappa shape index (κ2) is 4.73. The Bertz CT molecular complexity index is 372. The summed E-state index contributed by atoms with van der Waals surface area (Å²) in [5, 5.41) is 8.77. The van der Waals surface area contributed by atoms with Gasteiger partial charge in [0.15, 0.2) is 7.98 Å². The zero-order valence-electron chi connectivity index (χ0n) is 9.33. The van der Waals surface area contributed by atoms with Crippen LogP contribution >= 0.6 is 0 Å². The van der Waals surface area contributed by atoms with E-state index in [0.717, 1.165) is 6.26 Å². The zero-order chi connectivity index (χ0) is 12.5. The first kappa shape index (κ1) is 13.5. The van der Waals surface area contributed by atoms with E-state index >= 15 is 0 Å². The van der Waals surface area contributed by atoms with E-state index in [1.54, 1.807) is 6.92 Å². The molecule has 0 bridgehead atoms. The van der Waals surface area contributed by atoms with Crippen LogP contribution in [0.5, 0.6) is 0 Å². The quantitative estimate of drug-likeness (QED) is 0.638. The molecule has 1 fully saturated rings. The van der Waals surface area contributed by atoms with Crippen molar-refractivity contribution in [1.82, 2.24) is 9.12 Å². The standard InChI is InChI=1S/C8H15BN2O4S/c1-6-7(5-8(12)13)11(16(2,14)15)4-3-10(6)9/h6-7H,3-5H2,1-2H3,(H,12,13). The molecule has 1 N–H and O–H groups in total. The summed E-state index contributed by atoms with van der Waals surface area (Å²) >= 11 is 0. The van der Waals surface area contributed by atoms with Crippen molar-refractivity contribution in [2.75, 3.05) is 19.3 Å². The lowest BCUT2D eigenvalue weighted by Gasteiger charge is -2.43. The lowest BCUT2D eigenvalue weighted by atomic mass is 9.99. The Morgan fingerprint density at radius 1 is 1.50 bits per heavy atom. The maximum atomic E-state index is 11.5. The van der Waals surface area contributed by atoms with E-state index in [0.29, 0.717) is 6.54 Å². The number of aliphatic carboxylic acids is 1. The second-order valence-electron chi connectivity index (χ2n) is 4.02. The molecule has 1 saturated heterocycles. The van der Waals surface area contributed by atoms with Gasteiger partial charge in [0, 0.05) is 25.2 Å². The number of nitrogens with zero attached hydrogens (tertiary/aromatic N) is 2. The SMILES string of the molecule is [B]N1CCN(S(C)(=O)=O)C(CC(=O)O)C1C. The molecule has 0 amide bonds. The van der Waals surface area contributed by atoms with Gasteiger partial charge in [-0.1, -0.05) is 0 Å². The Morgan fingerprint density at radius 3 is 2.50 bits per heavy atom. The lowest BCUT2D eigenvalue weighted by Crippen LogP contribution is -2.59. The van der Waals surface area contributed by atoms with Crippen molar-refractivity contribution in [1.29, 1.82) is 0 Å². The number of carboxylic acid groups (broad SMARTS) is 1. The monoisotopic (exact) mass is 246 g/mol. The zero-order valence-corrected chi connectivity index (χ0v) is 10.1. The molecule has 90 valence electrons. The molecular formula is C8H15BN2O4S. The van der Waals surface area contributed by atoms with Crippen molar-refractivity contribution in [3.8, 4) is 0 Å². The third-order valence-electron chi connectivity index (χ3n) is 2.84. The molecule has 0 spiro atoms. The molecule has 2 unspecified atom stereocenters.